The van der Waals surface area contributed by atoms with E-state index in [-0.39, 0.29) is 33.3 Å². The lowest BCUT2D eigenvalue weighted by Gasteiger charge is -2.13. The van der Waals surface area contributed by atoms with Crippen molar-refractivity contribution in [3.8, 4) is 0 Å². The number of nitrogens with one attached hydrogen (secondary N) is 2. The van der Waals surface area contributed by atoms with E-state index in [0.29, 0.717) is 10.6 Å². The van der Waals surface area contributed by atoms with Crippen LogP contribution in [0.15, 0.2) is 66.7 Å². The highest BCUT2D eigenvalue weighted by Crippen LogP contribution is 2.27. The minimum Gasteiger partial charge on any atom is -0.321 e. The summed E-state index contributed by atoms with van der Waals surface area (Å²) >= 11 is 12.1. The summed E-state index contributed by atoms with van der Waals surface area (Å²) in [5, 5.41) is 3.16. The van der Waals surface area contributed by atoms with Gasteiger partial charge < -0.3 is 5.32 Å². The molecule has 0 heterocycles. The SMILES string of the molecule is CS(=O)(=O)Nc1cc(C(=O)Nc2ccc(Cl)cc2C(=O)c2ccccc2)ccc1Cl. The molecule has 0 aliphatic heterocycles. The van der Waals surface area contributed by atoms with E-state index in [9.17, 15) is 18.0 Å². The van der Waals surface area contributed by atoms with E-state index in [2.05, 4.69) is 10.0 Å². The van der Waals surface area contributed by atoms with Gasteiger partial charge in [0, 0.05) is 21.7 Å². The van der Waals surface area contributed by atoms with Gasteiger partial charge in [0.25, 0.3) is 5.91 Å². The maximum Gasteiger partial charge on any atom is 0.255 e. The molecule has 0 aliphatic carbocycles. The fourth-order valence-corrected chi connectivity index (χ4v) is 3.66. The molecule has 0 aliphatic rings. The van der Waals surface area contributed by atoms with Crippen LogP contribution in [0.2, 0.25) is 10.0 Å². The van der Waals surface area contributed by atoms with Crippen molar-refractivity contribution in [1.82, 2.24) is 0 Å². The van der Waals surface area contributed by atoms with Crippen molar-refractivity contribution >= 4 is 56.3 Å². The van der Waals surface area contributed by atoms with Crippen molar-refractivity contribution in [2.45, 2.75) is 0 Å². The Labute approximate surface area is 183 Å². The standard InChI is InChI=1S/C21H16Cl2N2O4S/c1-30(28,29)25-19-11-14(7-9-17(19)23)21(27)24-18-10-8-15(22)12-16(18)20(26)13-5-3-2-4-6-13/h2-12,25H,1H3,(H,24,27). The Morgan fingerprint density at radius 3 is 2.20 bits per heavy atom. The number of halogens is 2. The van der Waals surface area contributed by atoms with E-state index >= 15 is 0 Å². The summed E-state index contributed by atoms with van der Waals surface area (Å²) in [6.07, 6.45) is 0.977. The van der Waals surface area contributed by atoms with Gasteiger partial charge in [-0.3, -0.25) is 14.3 Å². The number of hydrogen-bond donors (Lipinski definition) is 2. The molecule has 3 rings (SSSR count). The van der Waals surface area contributed by atoms with Gasteiger partial charge >= 0.3 is 0 Å². The zero-order valence-electron chi connectivity index (χ0n) is 15.6. The Hall–Kier alpha value is -2.87. The first-order valence-electron chi connectivity index (χ1n) is 8.62. The number of hydrogen-bond acceptors (Lipinski definition) is 4. The maximum absolute atomic E-state index is 12.9. The topological polar surface area (TPSA) is 92.3 Å². The Bertz CT molecular complexity index is 1230. The van der Waals surface area contributed by atoms with E-state index in [4.69, 9.17) is 23.2 Å². The molecule has 30 heavy (non-hydrogen) atoms. The predicted octanol–water partition coefficient (Wildman–Crippen LogP) is 4.85. The van der Waals surface area contributed by atoms with Gasteiger partial charge in [-0.15, -0.1) is 0 Å². The fraction of sp³-hybridized carbons (Fsp3) is 0.0476. The summed E-state index contributed by atoms with van der Waals surface area (Å²) in [7, 11) is -3.58. The number of anilines is 2. The van der Waals surface area contributed by atoms with E-state index in [1.165, 1.54) is 30.3 Å². The molecule has 0 spiro atoms. The molecule has 0 aromatic heterocycles. The second-order valence-electron chi connectivity index (χ2n) is 6.41. The molecular weight excluding hydrogens is 447 g/mol. The molecule has 0 saturated carbocycles. The second kappa shape index (κ2) is 8.87. The molecule has 0 atom stereocenters. The Morgan fingerprint density at radius 2 is 1.53 bits per heavy atom. The zero-order chi connectivity index (χ0) is 21.9. The van der Waals surface area contributed by atoms with Gasteiger partial charge in [0.1, 0.15) is 0 Å². The number of sulfonamides is 1. The largest absolute Gasteiger partial charge is 0.321 e. The Balaban J connectivity index is 1.93. The minimum atomic E-state index is -3.58. The van der Waals surface area contributed by atoms with Gasteiger partial charge in [-0.25, -0.2) is 8.42 Å². The van der Waals surface area contributed by atoms with E-state index in [1.54, 1.807) is 36.4 Å². The molecule has 1 amide bonds. The van der Waals surface area contributed by atoms with Gasteiger partial charge in [0.2, 0.25) is 10.0 Å². The van der Waals surface area contributed by atoms with Crippen molar-refractivity contribution < 1.29 is 18.0 Å². The number of carbonyl (C=O) groups excluding carboxylic acids is 2. The lowest BCUT2D eigenvalue weighted by molar-refractivity contribution is 0.102. The molecule has 0 fully saturated rings. The Kier molecular flexibility index (Phi) is 6.45. The van der Waals surface area contributed by atoms with Crippen LogP contribution in [0.4, 0.5) is 11.4 Å². The highest BCUT2D eigenvalue weighted by atomic mass is 35.5. The van der Waals surface area contributed by atoms with Crippen molar-refractivity contribution in [1.29, 1.82) is 0 Å². The third kappa shape index (κ3) is 5.38. The lowest BCUT2D eigenvalue weighted by Crippen LogP contribution is -2.16. The minimum absolute atomic E-state index is 0.0727. The molecule has 0 bridgehead atoms. The van der Waals surface area contributed by atoms with Gasteiger partial charge in [0.15, 0.2) is 5.78 Å². The number of carbonyl (C=O) groups is 2. The van der Waals surface area contributed by atoms with Crippen LogP contribution in [-0.2, 0) is 10.0 Å². The number of rotatable bonds is 6. The van der Waals surface area contributed by atoms with E-state index in [0.717, 1.165) is 6.26 Å². The van der Waals surface area contributed by atoms with Crippen molar-refractivity contribution in [2.75, 3.05) is 16.3 Å². The average molecular weight is 463 g/mol. The monoisotopic (exact) mass is 462 g/mol. The van der Waals surface area contributed by atoms with Gasteiger partial charge in [0.05, 0.1) is 22.7 Å². The summed E-state index contributed by atoms with van der Waals surface area (Å²) in [6, 6.07) is 17.3. The number of ketones is 1. The normalized spacial score (nSPS) is 11.0. The van der Waals surface area contributed by atoms with Crippen LogP contribution in [0.1, 0.15) is 26.3 Å². The van der Waals surface area contributed by atoms with Crippen LogP contribution in [0, 0.1) is 0 Å². The van der Waals surface area contributed by atoms with Gasteiger partial charge in [-0.1, -0.05) is 53.5 Å². The maximum atomic E-state index is 12.9. The quantitative estimate of drug-likeness (QED) is 0.512. The number of amides is 1. The molecule has 2 N–H and O–H groups in total. The van der Waals surface area contributed by atoms with Crippen molar-refractivity contribution in [2.24, 2.45) is 0 Å². The van der Waals surface area contributed by atoms with Crippen LogP contribution >= 0.6 is 23.2 Å². The van der Waals surface area contributed by atoms with Crippen LogP contribution in [0.5, 0.6) is 0 Å². The molecule has 3 aromatic carbocycles. The highest BCUT2D eigenvalue weighted by molar-refractivity contribution is 7.92. The second-order valence-corrected chi connectivity index (χ2v) is 9.00. The first kappa shape index (κ1) is 21.8. The first-order chi connectivity index (χ1) is 14.1. The van der Waals surface area contributed by atoms with E-state index < -0.39 is 15.9 Å². The van der Waals surface area contributed by atoms with E-state index in [1.807, 2.05) is 0 Å². The predicted molar refractivity (Wildman–Crippen MR) is 119 cm³/mol. The Morgan fingerprint density at radius 1 is 0.833 bits per heavy atom. The third-order valence-electron chi connectivity index (χ3n) is 4.03. The molecule has 6 nitrogen and oxygen atoms in total. The average Bonchev–Trinajstić information content (AvgIpc) is 2.70. The van der Waals surface area contributed by atoms with Crippen LogP contribution in [0.25, 0.3) is 0 Å². The molecule has 154 valence electrons. The highest BCUT2D eigenvalue weighted by Gasteiger charge is 2.18. The van der Waals surface area contributed by atoms with Crippen LogP contribution in [0.3, 0.4) is 0 Å². The van der Waals surface area contributed by atoms with Gasteiger partial charge in [-0.2, -0.15) is 0 Å². The molecule has 0 saturated heterocycles. The van der Waals surface area contributed by atoms with Crippen LogP contribution in [-0.4, -0.2) is 26.4 Å². The first-order valence-corrected chi connectivity index (χ1v) is 11.3. The summed E-state index contributed by atoms with van der Waals surface area (Å²) in [4.78, 5) is 25.7. The molecule has 3 aromatic rings. The summed E-state index contributed by atoms with van der Waals surface area (Å²) in [6.45, 7) is 0. The molecule has 9 heteroatoms. The van der Waals surface area contributed by atoms with Gasteiger partial charge in [-0.05, 0) is 36.4 Å². The van der Waals surface area contributed by atoms with Crippen molar-refractivity contribution in [3.63, 3.8) is 0 Å². The summed E-state index contributed by atoms with van der Waals surface area (Å²) in [5.41, 5.74) is 1.17. The lowest BCUT2D eigenvalue weighted by atomic mass is 10.0. The summed E-state index contributed by atoms with van der Waals surface area (Å²) in [5.74, 6) is -0.850. The number of benzene rings is 3. The third-order valence-corrected chi connectivity index (χ3v) is 5.19. The fourth-order valence-electron chi connectivity index (χ4n) is 2.70. The van der Waals surface area contributed by atoms with Crippen LogP contribution < -0.4 is 10.0 Å². The van der Waals surface area contributed by atoms with Crippen molar-refractivity contribution in [3.05, 3.63) is 93.5 Å². The zero-order valence-corrected chi connectivity index (χ0v) is 18.0. The summed E-state index contributed by atoms with van der Waals surface area (Å²) < 4.78 is 25.2. The molecule has 0 radical (unpaired) electrons. The molecule has 0 unspecified atom stereocenters. The smallest absolute Gasteiger partial charge is 0.255 e. The molecular formula is C21H16Cl2N2O4S.